The number of carbonyl (C=O) groups is 2. The molecule has 114 valence electrons. The fraction of sp³-hybridized carbons (Fsp3) is 0.700. The monoisotopic (exact) mass is 357 g/mol. The van der Waals surface area contributed by atoms with Gasteiger partial charge in [0, 0.05) is 0 Å². The Labute approximate surface area is 121 Å². The van der Waals surface area contributed by atoms with Crippen molar-refractivity contribution in [3.8, 4) is 0 Å². The van der Waals surface area contributed by atoms with Gasteiger partial charge in [0.1, 0.15) is 0 Å². The normalized spacial score (nSPS) is 37.2. The molecule has 0 spiro atoms. The Morgan fingerprint density at radius 3 is 2.40 bits per heavy atom. The Balaban J connectivity index is 2.82. The van der Waals surface area contributed by atoms with Gasteiger partial charge in [0.05, 0.1) is 0 Å². The third kappa shape index (κ3) is 3.68. The van der Waals surface area contributed by atoms with E-state index in [1.54, 1.807) is 0 Å². The van der Waals surface area contributed by atoms with Crippen molar-refractivity contribution in [1.29, 1.82) is 0 Å². The fourth-order valence-corrected chi connectivity index (χ4v) is 1.88. The second-order valence-corrected chi connectivity index (χ2v) is 4.76. The molecule has 0 aromatic rings. The number of hydrogen-bond donors (Lipinski definition) is 6. The zero-order chi connectivity index (χ0) is 15.5. The van der Waals surface area contributed by atoms with Crippen molar-refractivity contribution >= 4 is 32.2 Å². The van der Waals surface area contributed by atoms with Crippen molar-refractivity contribution in [2.45, 2.75) is 36.7 Å². The van der Waals surface area contributed by atoms with Gasteiger partial charge >= 0.3 is 121 Å². The summed E-state index contributed by atoms with van der Waals surface area (Å²) in [5.41, 5.74) is 0. The summed E-state index contributed by atoms with van der Waals surface area (Å²) in [5.74, 6) is -4.26. The van der Waals surface area contributed by atoms with Crippen LogP contribution in [0.25, 0.3) is 0 Å². The first-order chi connectivity index (χ1) is 9.25. The molecule has 0 aromatic carbocycles. The first-order valence-corrected chi connectivity index (χ1v) is 6.58. The number of aliphatic hydroxyl groups is 5. The van der Waals surface area contributed by atoms with Crippen molar-refractivity contribution in [1.82, 2.24) is 5.32 Å². The van der Waals surface area contributed by atoms with Crippen LogP contribution in [0.3, 0.4) is 0 Å². The van der Waals surface area contributed by atoms with Gasteiger partial charge in [-0.1, -0.05) is 0 Å². The number of ether oxygens (including phenoxy) is 1. The quantitative estimate of drug-likeness (QED) is 0.163. The standard InChI is InChI=1S/C10H15NO8Se/c12-2-5-7(15)8(16)9(17)10(18,19-5)11-6(14)1-4(13)3-20/h3,5,7-9,12,15-18H,1-2H2,(H,11,14)/t5-,7-,8+,9+,10+/m1/s1. The van der Waals surface area contributed by atoms with E-state index in [-0.39, 0.29) is 0 Å². The van der Waals surface area contributed by atoms with Gasteiger partial charge in [0.2, 0.25) is 0 Å². The number of hydrogen-bond acceptors (Lipinski definition) is 8. The topological polar surface area (TPSA) is 157 Å². The molecule has 6 N–H and O–H groups in total. The second kappa shape index (κ2) is 6.83. The molecule has 1 rings (SSSR count). The molecule has 20 heavy (non-hydrogen) atoms. The van der Waals surface area contributed by atoms with E-state index in [2.05, 4.69) is 15.6 Å². The summed E-state index contributed by atoms with van der Waals surface area (Å²) in [6.45, 7) is -0.764. The van der Waals surface area contributed by atoms with Crippen molar-refractivity contribution in [3.05, 3.63) is 0 Å². The third-order valence-corrected chi connectivity index (χ3v) is 3.30. The predicted molar refractivity (Wildman–Crippen MR) is 64.5 cm³/mol. The van der Waals surface area contributed by atoms with E-state index in [4.69, 9.17) is 9.84 Å². The van der Waals surface area contributed by atoms with E-state index in [0.717, 1.165) is 4.92 Å². The Morgan fingerprint density at radius 2 is 1.90 bits per heavy atom. The Morgan fingerprint density at radius 1 is 1.30 bits per heavy atom. The van der Waals surface area contributed by atoms with Gasteiger partial charge in [0.25, 0.3) is 0 Å². The second-order valence-electron chi connectivity index (χ2n) is 4.27. The molecule has 9 nitrogen and oxygen atoms in total. The molecular formula is C10H15NO8Se. The van der Waals surface area contributed by atoms with E-state index < -0.39 is 55.0 Å². The molecule has 0 radical (unpaired) electrons. The number of aliphatic hydroxyl groups excluding tert-OH is 4. The molecule has 1 saturated heterocycles. The Hall–Kier alpha value is -0.711. The van der Waals surface area contributed by atoms with Gasteiger partial charge in [-0.2, -0.15) is 0 Å². The summed E-state index contributed by atoms with van der Waals surface area (Å²) in [5, 5.41) is 49.4. The van der Waals surface area contributed by atoms with Crippen molar-refractivity contribution in [2.75, 3.05) is 6.61 Å². The molecular weight excluding hydrogens is 341 g/mol. The maximum atomic E-state index is 11.5. The van der Waals surface area contributed by atoms with E-state index in [0.29, 0.717) is 0 Å². The van der Waals surface area contributed by atoms with Crippen LogP contribution in [0.5, 0.6) is 0 Å². The van der Waals surface area contributed by atoms with Gasteiger partial charge in [0.15, 0.2) is 0 Å². The van der Waals surface area contributed by atoms with Crippen LogP contribution in [0.4, 0.5) is 0 Å². The van der Waals surface area contributed by atoms with E-state index >= 15 is 0 Å². The fourth-order valence-electron chi connectivity index (χ4n) is 1.70. The molecule has 1 heterocycles. The number of amides is 1. The molecule has 0 bridgehead atoms. The Bertz CT molecular complexity index is 403. The van der Waals surface area contributed by atoms with Gasteiger partial charge in [-0.25, -0.2) is 0 Å². The van der Waals surface area contributed by atoms with Gasteiger partial charge < -0.3 is 0 Å². The van der Waals surface area contributed by atoms with Crippen molar-refractivity contribution in [2.24, 2.45) is 0 Å². The molecule has 1 fully saturated rings. The number of carbonyl (C=O) groups excluding carboxylic acids is 2. The van der Waals surface area contributed by atoms with Gasteiger partial charge in [-0.15, -0.1) is 0 Å². The molecule has 0 aromatic heterocycles. The first-order valence-electron chi connectivity index (χ1n) is 5.59. The van der Waals surface area contributed by atoms with Crippen LogP contribution >= 0.6 is 0 Å². The first kappa shape index (κ1) is 17.3. The van der Waals surface area contributed by atoms with Crippen LogP contribution in [-0.2, 0) is 14.3 Å². The summed E-state index contributed by atoms with van der Waals surface area (Å²) in [6.07, 6.45) is -7.59. The van der Waals surface area contributed by atoms with Crippen LogP contribution < -0.4 is 5.32 Å². The zero-order valence-electron chi connectivity index (χ0n) is 10.2. The van der Waals surface area contributed by atoms with Crippen molar-refractivity contribution in [3.63, 3.8) is 0 Å². The molecule has 1 aliphatic heterocycles. The third-order valence-electron chi connectivity index (χ3n) is 2.75. The summed E-state index contributed by atoms with van der Waals surface area (Å²) in [6, 6.07) is 0. The SMILES string of the molecule is O=C(C=[Se])CC(=O)N[C@@]1(O)O[C@H](CO)[C@@H](O)[C@H](O)[C@@H]1O. The van der Waals surface area contributed by atoms with Crippen LogP contribution in [0.1, 0.15) is 6.42 Å². The van der Waals surface area contributed by atoms with Crippen LogP contribution in [0, 0.1) is 0 Å². The summed E-state index contributed by atoms with van der Waals surface area (Å²) < 4.78 is 4.79. The summed E-state index contributed by atoms with van der Waals surface area (Å²) >= 11 is 2.30. The van der Waals surface area contributed by atoms with Crippen molar-refractivity contribution < 1.29 is 39.9 Å². The predicted octanol–water partition coefficient (Wildman–Crippen LogP) is -4.85. The zero-order valence-corrected chi connectivity index (χ0v) is 11.9. The Kier molecular flexibility index (Phi) is 5.92. The van der Waals surface area contributed by atoms with E-state index in [1.807, 2.05) is 5.32 Å². The number of ketones is 1. The van der Waals surface area contributed by atoms with Crippen LogP contribution in [0.15, 0.2) is 0 Å². The van der Waals surface area contributed by atoms with Crippen LogP contribution in [-0.4, -0.2) is 94.7 Å². The number of rotatable bonds is 5. The van der Waals surface area contributed by atoms with Gasteiger partial charge in [-0.3, -0.25) is 0 Å². The minimum absolute atomic E-state index is 0.573. The molecule has 0 aliphatic carbocycles. The molecule has 5 atom stereocenters. The number of Topliss-reactive ketones (excluding diaryl/α,β-unsaturated/α-hetero) is 1. The van der Waals surface area contributed by atoms with E-state index in [1.165, 1.54) is 0 Å². The van der Waals surface area contributed by atoms with E-state index in [9.17, 15) is 30.0 Å². The maximum absolute atomic E-state index is 11.5. The molecule has 10 heteroatoms. The average molecular weight is 356 g/mol. The average Bonchev–Trinajstić information content (AvgIpc) is 2.40. The summed E-state index contributed by atoms with van der Waals surface area (Å²) in [4.78, 5) is 23.5. The van der Waals surface area contributed by atoms with Crippen LogP contribution in [0.2, 0.25) is 0 Å². The molecule has 0 saturated carbocycles. The van der Waals surface area contributed by atoms with Gasteiger partial charge in [-0.05, 0) is 0 Å². The minimum atomic E-state index is -2.72. The molecule has 1 amide bonds. The molecule has 1 aliphatic rings. The molecule has 0 unspecified atom stereocenters. The number of nitrogens with one attached hydrogen (secondary N) is 1. The summed E-state index contributed by atoms with van der Waals surface area (Å²) in [7, 11) is 0.